The maximum absolute atomic E-state index is 13.3. The van der Waals surface area contributed by atoms with E-state index in [-0.39, 0.29) is 29.2 Å². The second kappa shape index (κ2) is 4.41. The molecule has 1 amide bonds. The van der Waals surface area contributed by atoms with Crippen molar-refractivity contribution in [3.63, 3.8) is 0 Å². The molecular formula is C11H8ClF2NO2. The molecule has 3 nitrogen and oxygen atoms in total. The van der Waals surface area contributed by atoms with E-state index in [4.69, 9.17) is 11.6 Å². The number of nitrogens with zero attached hydrogens (tertiary/aromatic N) is 1. The van der Waals surface area contributed by atoms with Gasteiger partial charge in [0, 0.05) is 6.54 Å². The Labute approximate surface area is 101 Å². The summed E-state index contributed by atoms with van der Waals surface area (Å²) in [7, 11) is 0. The highest BCUT2D eigenvalue weighted by Crippen LogP contribution is 2.33. The van der Waals surface area contributed by atoms with Crippen LogP contribution in [-0.4, -0.2) is 24.9 Å². The summed E-state index contributed by atoms with van der Waals surface area (Å²) in [5.74, 6) is -2.21. The van der Waals surface area contributed by atoms with E-state index < -0.39 is 24.2 Å². The molecule has 0 saturated carbocycles. The fourth-order valence-corrected chi connectivity index (χ4v) is 1.89. The molecule has 0 aromatic heterocycles. The lowest BCUT2D eigenvalue weighted by atomic mass is 10.1. The van der Waals surface area contributed by atoms with Crippen LogP contribution in [0.2, 0.25) is 5.02 Å². The summed E-state index contributed by atoms with van der Waals surface area (Å²) in [5, 5.41) is -0.211. The summed E-state index contributed by atoms with van der Waals surface area (Å²) in [6, 6.07) is 2.15. The van der Waals surface area contributed by atoms with Gasteiger partial charge >= 0.3 is 0 Å². The zero-order chi connectivity index (χ0) is 12.6. The average molecular weight is 260 g/mol. The Kier molecular flexibility index (Phi) is 3.11. The Morgan fingerprint density at radius 1 is 1.29 bits per heavy atom. The first-order valence-electron chi connectivity index (χ1n) is 4.97. The zero-order valence-corrected chi connectivity index (χ0v) is 9.43. The number of carbonyl (C=O) groups excluding carboxylic acids is 2. The van der Waals surface area contributed by atoms with E-state index in [1.807, 2.05) is 0 Å². The number of benzene rings is 1. The summed E-state index contributed by atoms with van der Waals surface area (Å²) in [6.45, 7) is -0.557. The molecule has 0 aliphatic carbocycles. The first-order chi connectivity index (χ1) is 8.06. The molecule has 17 heavy (non-hydrogen) atoms. The molecule has 0 saturated heterocycles. The van der Waals surface area contributed by atoms with Crippen molar-refractivity contribution in [1.29, 1.82) is 0 Å². The number of Topliss-reactive ketones (excluding diaryl/α,β-unsaturated/α-hetero) is 1. The van der Waals surface area contributed by atoms with Crippen molar-refractivity contribution in [3.05, 3.63) is 28.5 Å². The maximum atomic E-state index is 13.3. The summed E-state index contributed by atoms with van der Waals surface area (Å²) in [4.78, 5) is 24.2. The predicted molar refractivity (Wildman–Crippen MR) is 58.7 cm³/mol. The van der Waals surface area contributed by atoms with Gasteiger partial charge in [-0.2, -0.15) is 0 Å². The number of anilines is 1. The Hall–Kier alpha value is -1.49. The smallest absolute Gasteiger partial charge is 0.299 e. The van der Waals surface area contributed by atoms with Crippen LogP contribution in [0.1, 0.15) is 16.8 Å². The van der Waals surface area contributed by atoms with Crippen LogP contribution >= 0.6 is 11.6 Å². The molecule has 2 rings (SSSR count). The first kappa shape index (κ1) is 12.0. The number of halogens is 3. The van der Waals surface area contributed by atoms with Crippen LogP contribution in [0, 0.1) is 5.82 Å². The van der Waals surface area contributed by atoms with E-state index in [0.717, 1.165) is 17.0 Å². The van der Waals surface area contributed by atoms with Gasteiger partial charge in [-0.25, -0.2) is 4.39 Å². The molecule has 1 aliphatic rings. The molecule has 0 fully saturated rings. The van der Waals surface area contributed by atoms with Gasteiger partial charge in [0.05, 0.1) is 22.9 Å². The maximum Gasteiger partial charge on any atom is 0.299 e. The lowest BCUT2D eigenvalue weighted by Gasteiger charge is -2.15. The molecule has 90 valence electrons. The highest BCUT2D eigenvalue weighted by atomic mass is 35.5. The van der Waals surface area contributed by atoms with Gasteiger partial charge < -0.3 is 4.90 Å². The number of fused-ring (bicyclic) bond motifs is 1. The predicted octanol–water partition coefficient (Wildman–Crippen LogP) is 2.37. The van der Waals surface area contributed by atoms with E-state index in [2.05, 4.69) is 0 Å². The molecule has 0 N–H and O–H groups in total. The van der Waals surface area contributed by atoms with Crippen LogP contribution in [0.5, 0.6) is 0 Å². The van der Waals surface area contributed by atoms with Crippen LogP contribution < -0.4 is 4.90 Å². The second-order valence-electron chi connectivity index (χ2n) is 3.61. The quantitative estimate of drug-likeness (QED) is 0.782. The number of amides is 1. The molecular weight excluding hydrogens is 252 g/mol. The van der Waals surface area contributed by atoms with Gasteiger partial charge in [-0.15, -0.1) is 0 Å². The molecule has 0 unspecified atom stereocenters. The third-order valence-electron chi connectivity index (χ3n) is 2.53. The normalized spacial score (nSPS) is 14.4. The zero-order valence-electron chi connectivity index (χ0n) is 8.67. The first-order valence-corrected chi connectivity index (χ1v) is 5.35. The molecule has 0 spiro atoms. The van der Waals surface area contributed by atoms with E-state index >= 15 is 0 Å². The van der Waals surface area contributed by atoms with Crippen LogP contribution in [0.25, 0.3) is 0 Å². The van der Waals surface area contributed by atoms with E-state index in [1.54, 1.807) is 0 Å². The lowest BCUT2D eigenvalue weighted by Crippen LogP contribution is -2.30. The third-order valence-corrected chi connectivity index (χ3v) is 2.82. The van der Waals surface area contributed by atoms with Crippen molar-refractivity contribution < 1.29 is 18.4 Å². The fraction of sp³-hybridized carbons (Fsp3) is 0.273. The topological polar surface area (TPSA) is 37.4 Å². The van der Waals surface area contributed by atoms with Gasteiger partial charge in [0.25, 0.3) is 11.7 Å². The van der Waals surface area contributed by atoms with Crippen LogP contribution in [0.15, 0.2) is 12.1 Å². The van der Waals surface area contributed by atoms with Gasteiger partial charge in [-0.3, -0.25) is 14.0 Å². The number of rotatable bonds is 3. The average Bonchev–Trinajstić information content (AvgIpc) is 2.52. The third kappa shape index (κ3) is 1.91. The summed E-state index contributed by atoms with van der Waals surface area (Å²) in [6.07, 6.45) is 0.0999. The largest absolute Gasteiger partial charge is 0.305 e. The van der Waals surface area contributed by atoms with Crippen LogP contribution in [0.3, 0.4) is 0 Å². The molecule has 1 heterocycles. The fourth-order valence-electron chi connectivity index (χ4n) is 1.73. The lowest BCUT2D eigenvalue weighted by molar-refractivity contribution is -0.114. The molecule has 1 aromatic rings. The number of hydrogen-bond donors (Lipinski definition) is 0. The van der Waals surface area contributed by atoms with Crippen molar-refractivity contribution in [3.8, 4) is 0 Å². The summed E-state index contributed by atoms with van der Waals surface area (Å²) < 4.78 is 25.3. The molecule has 0 radical (unpaired) electrons. The number of hydrogen-bond acceptors (Lipinski definition) is 2. The highest BCUT2D eigenvalue weighted by molar-refractivity contribution is 6.52. The molecule has 0 bridgehead atoms. The standard InChI is InChI=1S/C11H8ClF2NO2/c12-7-4-6-9(5-8(7)14)15(3-1-2-13)11(17)10(6)16/h4-5H,1-3H2. The Bertz CT molecular complexity index is 504. The summed E-state index contributed by atoms with van der Waals surface area (Å²) in [5.41, 5.74) is 0.232. The van der Waals surface area contributed by atoms with Gasteiger partial charge in [0.2, 0.25) is 0 Å². The van der Waals surface area contributed by atoms with Crippen LogP contribution in [-0.2, 0) is 4.79 Å². The molecule has 0 atom stereocenters. The highest BCUT2D eigenvalue weighted by Gasteiger charge is 2.36. The summed E-state index contributed by atoms with van der Waals surface area (Å²) >= 11 is 5.54. The van der Waals surface area contributed by atoms with E-state index in [1.165, 1.54) is 0 Å². The van der Waals surface area contributed by atoms with E-state index in [9.17, 15) is 18.4 Å². The number of carbonyl (C=O) groups is 2. The van der Waals surface area contributed by atoms with Crippen molar-refractivity contribution in [2.24, 2.45) is 0 Å². The van der Waals surface area contributed by atoms with Crippen molar-refractivity contribution in [1.82, 2.24) is 0 Å². The minimum Gasteiger partial charge on any atom is -0.305 e. The molecule has 1 aliphatic heterocycles. The Morgan fingerprint density at radius 2 is 2.00 bits per heavy atom. The minimum absolute atomic E-state index is 0.0507. The van der Waals surface area contributed by atoms with Gasteiger partial charge in [0.1, 0.15) is 5.82 Å². The van der Waals surface area contributed by atoms with Crippen molar-refractivity contribution in [2.75, 3.05) is 18.1 Å². The number of alkyl halides is 1. The van der Waals surface area contributed by atoms with E-state index in [0.29, 0.717) is 0 Å². The van der Waals surface area contributed by atoms with Crippen LogP contribution in [0.4, 0.5) is 14.5 Å². The Morgan fingerprint density at radius 3 is 2.65 bits per heavy atom. The molecule has 1 aromatic carbocycles. The number of ketones is 1. The monoisotopic (exact) mass is 259 g/mol. The Balaban J connectivity index is 2.45. The van der Waals surface area contributed by atoms with Crippen molar-refractivity contribution in [2.45, 2.75) is 6.42 Å². The second-order valence-corrected chi connectivity index (χ2v) is 4.02. The van der Waals surface area contributed by atoms with Gasteiger partial charge in [-0.05, 0) is 18.6 Å². The SMILES string of the molecule is O=C1C(=O)N(CCCF)c2cc(F)c(Cl)cc21. The van der Waals surface area contributed by atoms with Gasteiger partial charge in [0.15, 0.2) is 0 Å². The minimum atomic E-state index is -0.768. The molecule has 6 heteroatoms. The van der Waals surface area contributed by atoms with Gasteiger partial charge in [-0.1, -0.05) is 11.6 Å². The van der Waals surface area contributed by atoms with Crippen molar-refractivity contribution >= 4 is 29.0 Å².